The Balaban J connectivity index is 2.38. The zero-order valence-corrected chi connectivity index (χ0v) is 15.2. The number of carbonyl (C=O) groups is 1. The number of ketones is 1. The molecule has 0 aliphatic carbocycles. The van der Waals surface area contributed by atoms with E-state index in [0.29, 0.717) is 6.42 Å². The topological polar surface area (TPSA) is 29.1 Å². The molecule has 0 spiro atoms. The molecule has 2 nitrogen and oxygen atoms in total. The van der Waals surface area contributed by atoms with Gasteiger partial charge in [-0.1, -0.05) is 63.2 Å². The van der Waals surface area contributed by atoms with Gasteiger partial charge in [0.2, 0.25) is 0 Å². The van der Waals surface area contributed by atoms with Crippen LogP contribution in [0.25, 0.3) is 10.8 Å². The predicted molar refractivity (Wildman–Crippen MR) is 98.8 cm³/mol. The van der Waals surface area contributed by atoms with Crippen LogP contribution in [0.4, 0.5) is 0 Å². The van der Waals surface area contributed by atoms with Gasteiger partial charge in [0.25, 0.3) is 0 Å². The second-order valence-corrected chi connectivity index (χ2v) is 8.40. The van der Waals surface area contributed by atoms with E-state index in [0.717, 1.165) is 0 Å². The summed E-state index contributed by atoms with van der Waals surface area (Å²) in [5.74, 6) is 0.264. The predicted octanol–water partition coefficient (Wildman–Crippen LogP) is 4.75. The first-order valence-electron chi connectivity index (χ1n) is 8.36. The van der Waals surface area contributed by atoms with Crippen LogP contribution >= 0.6 is 0 Å². The molecule has 0 amide bonds. The third-order valence-electron chi connectivity index (χ3n) is 3.97. The second kappa shape index (κ2) is 6.45. The van der Waals surface area contributed by atoms with Crippen molar-refractivity contribution in [2.45, 2.75) is 59.5 Å². The number of hydrogen-bond donors (Lipinski definition) is 1. The molecule has 2 heteroatoms. The quantitative estimate of drug-likeness (QED) is 0.882. The van der Waals surface area contributed by atoms with Crippen LogP contribution in [-0.4, -0.2) is 17.4 Å². The minimum atomic E-state index is -0.354. The highest BCUT2D eigenvalue weighted by Gasteiger charge is 2.32. The zero-order chi connectivity index (χ0) is 17.3. The average Bonchev–Trinajstić information content (AvgIpc) is 2.44. The Labute approximate surface area is 140 Å². The fourth-order valence-electron chi connectivity index (χ4n) is 2.95. The van der Waals surface area contributed by atoms with E-state index in [2.05, 4.69) is 68.6 Å². The Morgan fingerprint density at radius 3 is 2.17 bits per heavy atom. The Bertz CT molecular complexity index is 684. The van der Waals surface area contributed by atoms with E-state index in [9.17, 15) is 4.79 Å². The minimum Gasteiger partial charge on any atom is -0.302 e. The van der Waals surface area contributed by atoms with E-state index >= 15 is 0 Å². The summed E-state index contributed by atoms with van der Waals surface area (Å²) < 4.78 is 0. The molecule has 1 atom stereocenters. The fourth-order valence-corrected chi connectivity index (χ4v) is 2.95. The highest BCUT2D eigenvalue weighted by molar-refractivity contribution is 5.91. The normalized spacial score (nSPS) is 14.0. The maximum atomic E-state index is 12.9. The SMILES string of the molecule is CC(C)(C)N[C@@H](Cc1cccc2ccccc12)C(=O)C(C)(C)C. The van der Waals surface area contributed by atoms with Gasteiger partial charge < -0.3 is 5.32 Å². The van der Waals surface area contributed by atoms with Crippen LogP contribution in [0.3, 0.4) is 0 Å². The molecular formula is C21H29NO. The Morgan fingerprint density at radius 2 is 1.57 bits per heavy atom. The van der Waals surface area contributed by atoms with Crippen molar-refractivity contribution >= 4 is 16.6 Å². The van der Waals surface area contributed by atoms with Crippen LogP contribution < -0.4 is 5.32 Å². The molecule has 0 saturated carbocycles. The molecule has 124 valence electrons. The highest BCUT2D eigenvalue weighted by Crippen LogP contribution is 2.24. The molecule has 0 heterocycles. The molecule has 23 heavy (non-hydrogen) atoms. The third kappa shape index (κ3) is 4.65. The van der Waals surface area contributed by atoms with Crippen molar-refractivity contribution in [2.24, 2.45) is 5.41 Å². The van der Waals surface area contributed by atoms with Gasteiger partial charge in [-0.25, -0.2) is 0 Å². The minimum absolute atomic E-state index is 0.101. The molecule has 0 saturated heterocycles. The summed E-state index contributed by atoms with van der Waals surface area (Å²) in [6.45, 7) is 12.3. The second-order valence-electron chi connectivity index (χ2n) is 8.40. The Hall–Kier alpha value is -1.67. The molecule has 0 aliphatic heterocycles. The first kappa shape index (κ1) is 17.7. The van der Waals surface area contributed by atoms with E-state index in [-0.39, 0.29) is 22.8 Å². The molecular weight excluding hydrogens is 282 g/mol. The molecule has 1 N–H and O–H groups in total. The summed E-state index contributed by atoms with van der Waals surface area (Å²) in [7, 11) is 0. The van der Waals surface area contributed by atoms with Crippen molar-refractivity contribution in [1.82, 2.24) is 5.32 Å². The van der Waals surface area contributed by atoms with Crippen LogP contribution in [0, 0.1) is 5.41 Å². The molecule has 0 radical (unpaired) electrons. The molecule has 0 bridgehead atoms. The zero-order valence-electron chi connectivity index (χ0n) is 15.2. The number of hydrogen-bond acceptors (Lipinski definition) is 2. The van der Waals surface area contributed by atoms with Gasteiger partial charge in [0.1, 0.15) is 0 Å². The van der Waals surface area contributed by atoms with Crippen molar-refractivity contribution in [3.05, 3.63) is 48.0 Å². The molecule has 0 aliphatic rings. The third-order valence-corrected chi connectivity index (χ3v) is 3.97. The molecule has 0 unspecified atom stereocenters. The number of nitrogens with one attached hydrogen (secondary N) is 1. The van der Waals surface area contributed by atoms with Crippen LogP contribution in [-0.2, 0) is 11.2 Å². The van der Waals surface area contributed by atoms with E-state index in [1.54, 1.807) is 0 Å². The van der Waals surface area contributed by atoms with Crippen molar-refractivity contribution in [3.63, 3.8) is 0 Å². The standard InChI is InChI=1S/C21H29NO/c1-20(2,3)19(23)18(22-21(4,5)6)14-16-12-9-11-15-10-7-8-13-17(15)16/h7-13,18,22H,14H2,1-6H3/t18-/m0/s1. The van der Waals surface area contributed by atoms with Crippen LogP contribution in [0.1, 0.15) is 47.1 Å². The molecule has 0 aromatic heterocycles. The lowest BCUT2D eigenvalue weighted by Gasteiger charge is -2.32. The van der Waals surface area contributed by atoms with Crippen LogP contribution in [0.2, 0.25) is 0 Å². The number of rotatable bonds is 4. The van der Waals surface area contributed by atoms with Gasteiger partial charge in [0.15, 0.2) is 5.78 Å². The summed E-state index contributed by atoms with van der Waals surface area (Å²) in [5, 5.41) is 5.98. The van der Waals surface area contributed by atoms with Crippen molar-refractivity contribution in [2.75, 3.05) is 0 Å². The van der Waals surface area contributed by atoms with Gasteiger partial charge >= 0.3 is 0 Å². The van der Waals surface area contributed by atoms with Crippen molar-refractivity contribution < 1.29 is 4.79 Å². The number of benzene rings is 2. The number of carbonyl (C=O) groups excluding carboxylic acids is 1. The number of Topliss-reactive ketones (excluding diaryl/α,β-unsaturated/α-hetero) is 1. The largest absolute Gasteiger partial charge is 0.302 e. The maximum Gasteiger partial charge on any atom is 0.155 e. The van der Waals surface area contributed by atoms with Gasteiger partial charge in [0.05, 0.1) is 6.04 Å². The molecule has 2 aromatic rings. The summed E-state index contributed by atoms with van der Waals surface area (Å²) in [6.07, 6.45) is 0.717. The summed E-state index contributed by atoms with van der Waals surface area (Å²) in [5.41, 5.74) is 0.770. The summed E-state index contributed by atoms with van der Waals surface area (Å²) in [6, 6.07) is 14.5. The van der Waals surface area contributed by atoms with Crippen molar-refractivity contribution in [1.29, 1.82) is 0 Å². The van der Waals surface area contributed by atoms with Gasteiger partial charge in [-0.2, -0.15) is 0 Å². The molecule has 0 fully saturated rings. The maximum absolute atomic E-state index is 12.9. The van der Waals surface area contributed by atoms with Gasteiger partial charge in [0, 0.05) is 11.0 Å². The van der Waals surface area contributed by atoms with E-state index in [1.807, 2.05) is 20.8 Å². The fraction of sp³-hybridized carbons (Fsp3) is 0.476. The first-order valence-corrected chi connectivity index (χ1v) is 8.36. The highest BCUT2D eigenvalue weighted by atomic mass is 16.1. The molecule has 2 rings (SSSR count). The lowest BCUT2D eigenvalue weighted by atomic mass is 9.83. The van der Waals surface area contributed by atoms with E-state index in [4.69, 9.17) is 0 Å². The van der Waals surface area contributed by atoms with Gasteiger partial charge in [-0.05, 0) is 43.5 Å². The molecule has 2 aromatic carbocycles. The van der Waals surface area contributed by atoms with Gasteiger partial charge in [-0.3, -0.25) is 4.79 Å². The van der Waals surface area contributed by atoms with E-state index < -0.39 is 0 Å². The summed E-state index contributed by atoms with van der Waals surface area (Å²) >= 11 is 0. The monoisotopic (exact) mass is 311 g/mol. The smallest absolute Gasteiger partial charge is 0.155 e. The van der Waals surface area contributed by atoms with E-state index in [1.165, 1.54) is 16.3 Å². The average molecular weight is 311 g/mol. The first-order chi connectivity index (χ1) is 10.6. The van der Waals surface area contributed by atoms with Crippen LogP contribution in [0.5, 0.6) is 0 Å². The number of fused-ring (bicyclic) bond motifs is 1. The van der Waals surface area contributed by atoms with Gasteiger partial charge in [-0.15, -0.1) is 0 Å². The lowest BCUT2D eigenvalue weighted by Crippen LogP contribution is -2.51. The lowest BCUT2D eigenvalue weighted by molar-refractivity contribution is -0.128. The van der Waals surface area contributed by atoms with Crippen LogP contribution in [0.15, 0.2) is 42.5 Å². The Morgan fingerprint density at radius 1 is 0.957 bits per heavy atom. The Kier molecular flexibility index (Phi) is 4.95. The van der Waals surface area contributed by atoms with Crippen molar-refractivity contribution in [3.8, 4) is 0 Å². The summed E-state index contributed by atoms with van der Waals surface area (Å²) in [4.78, 5) is 12.9.